The first-order valence-corrected chi connectivity index (χ1v) is 13.3. The number of hydrazone groups is 1. The molecule has 8 nitrogen and oxygen atoms in total. The number of aromatic nitrogens is 2. The Morgan fingerprint density at radius 3 is 2.44 bits per heavy atom. The molecule has 1 fully saturated rings. The van der Waals surface area contributed by atoms with Crippen LogP contribution in [-0.2, 0) is 6.54 Å². The second-order valence-corrected chi connectivity index (χ2v) is 10.7. The minimum absolute atomic E-state index is 0.0158. The van der Waals surface area contributed by atoms with Crippen molar-refractivity contribution < 1.29 is 9.72 Å². The van der Waals surface area contributed by atoms with E-state index in [4.69, 9.17) is 5.10 Å². The molecule has 1 saturated carbocycles. The number of benzene rings is 2. The molecule has 2 aliphatic rings. The highest BCUT2D eigenvalue weighted by Crippen LogP contribution is 2.45. The van der Waals surface area contributed by atoms with Crippen molar-refractivity contribution in [3.8, 4) is 0 Å². The van der Waals surface area contributed by atoms with Crippen LogP contribution in [-0.4, -0.2) is 31.3 Å². The van der Waals surface area contributed by atoms with Gasteiger partial charge in [0.1, 0.15) is 6.20 Å². The van der Waals surface area contributed by atoms with Gasteiger partial charge >= 0.3 is 11.6 Å². The Balaban J connectivity index is 1.60. The molecule has 1 aliphatic carbocycles. The summed E-state index contributed by atoms with van der Waals surface area (Å²) >= 11 is 6.96. The molecule has 0 N–H and O–H groups in total. The van der Waals surface area contributed by atoms with E-state index in [9.17, 15) is 14.9 Å². The number of rotatable bonds is 5. The van der Waals surface area contributed by atoms with Crippen molar-refractivity contribution in [1.29, 1.82) is 0 Å². The molecule has 5 rings (SSSR count). The fraction of sp³-hybridized carbons (Fsp3) is 0.269. The third kappa shape index (κ3) is 4.67. The lowest BCUT2D eigenvalue weighted by atomic mass is 9.77. The molecule has 2 atom stereocenters. The third-order valence-corrected chi connectivity index (χ3v) is 7.66. The molecule has 0 saturated heterocycles. The summed E-state index contributed by atoms with van der Waals surface area (Å²) in [6, 6.07) is 15.5. The maximum atomic E-state index is 13.8. The lowest BCUT2D eigenvalue weighted by molar-refractivity contribution is -0.385. The zero-order valence-corrected chi connectivity index (χ0v) is 22.6. The Morgan fingerprint density at radius 2 is 1.81 bits per heavy atom. The van der Waals surface area contributed by atoms with Gasteiger partial charge in [0.15, 0.2) is 0 Å². The molecular formula is C26H23Br2N5O3. The zero-order chi connectivity index (χ0) is 25.4. The average Bonchev–Trinajstić information content (AvgIpc) is 3.49. The van der Waals surface area contributed by atoms with Gasteiger partial charge in [-0.1, -0.05) is 56.1 Å². The van der Waals surface area contributed by atoms with Gasteiger partial charge in [-0.3, -0.25) is 19.6 Å². The molecule has 1 aliphatic heterocycles. The van der Waals surface area contributed by atoms with Gasteiger partial charge in [-0.15, -0.1) is 0 Å². The maximum Gasteiger partial charge on any atom is 0.320 e. The summed E-state index contributed by atoms with van der Waals surface area (Å²) in [6.07, 6.45) is 6.11. The number of carbonyl (C=O) groups is 1. The van der Waals surface area contributed by atoms with E-state index in [0.717, 1.165) is 50.6 Å². The number of nitrogens with zero attached hydrogens (tertiary/aromatic N) is 5. The van der Waals surface area contributed by atoms with Gasteiger partial charge in [-0.05, 0) is 73.2 Å². The number of nitro groups is 1. The number of carbonyl (C=O) groups excluding carboxylic acids is 1. The Bertz CT molecular complexity index is 1380. The fourth-order valence-corrected chi connectivity index (χ4v) is 5.42. The zero-order valence-electron chi connectivity index (χ0n) is 19.5. The normalized spacial score (nSPS) is 20.4. The lowest BCUT2D eigenvalue weighted by Gasteiger charge is -2.29. The van der Waals surface area contributed by atoms with Crippen molar-refractivity contribution in [1.82, 2.24) is 14.8 Å². The predicted octanol–water partition coefficient (Wildman–Crippen LogP) is 6.77. The monoisotopic (exact) mass is 611 g/mol. The van der Waals surface area contributed by atoms with Crippen LogP contribution in [0.15, 0.2) is 74.3 Å². The highest BCUT2D eigenvalue weighted by atomic mass is 79.9. The Labute approximate surface area is 225 Å². The van der Waals surface area contributed by atoms with Crippen LogP contribution < -0.4 is 0 Å². The van der Waals surface area contributed by atoms with Gasteiger partial charge in [-0.25, -0.2) is 5.01 Å². The largest absolute Gasteiger partial charge is 0.320 e. The highest BCUT2D eigenvalue weighted by Gasteiger charge is 2.45. The van der Waals surface area contributed by atoms with E-state index >= 15 is 0 Å². The van der Waals surface area contributed by atoms with Gasteiger partial charge in [0, 0.05) is 21.4 Å². The average molecular weight is 613 g/mol. The molecule has 3 aromatic rings. The van der Waals surface area contributed by atoms with Crippen molar-refractivity contribution in [2.75, 3.05) is 0 Å². The van der Waals surface area contributed by atoms with Crippen LogP contribution in [0.3, 0.4) is 0 Å². The number of allylic oxidation sites excluding steroid dienone is 1. The SMILES string of the molecule is CCn1cc([N+](=O)[O-])c(C(=O)N2N=C3/C(=C/c4ccc(Br)cc4)CCC[C@H]3[C@@H]2c2ccc(Br)cc2)n1. The van der Waals surface area contributed by atoms with Crippen molar-refractivity contribution in [2.24, 2.45) is 11.0 Å². The van der Waals surface area contributed by atoms with E-state index in [1.807, 2.05) is 55.5 Å². The van der Waals surface area contributed by atoms with E-state index in [0.29, 0.717) is 6.54 Å². The molecule has 2 heterocycles. The van der Waals surface area contributed by atoms with Gasteiger partial charge in [0.2, 0.25) is 5.69 Å². The molecular weight excluding hydrogens is 590 g/mol. The van der Waals surface area contributed by atoms with Crippen LogP contribution in [0.2, 0.25) is 0 Å². The minimum atomic E-state index is -0.563. The van der Waals surface area contributed by atoms with Crippen molar-refractivity contribution in [3.05, 3.63) is 96.2 Å². The summed E-state index contributed by atoms with van der Waals surface area (Å²) < 4.78 is 3.35. The summed E-state index contributed by atoms with van der Waals surface area (Å²) in [4.78, 5) is 25.0. The van der Waals surface area contributed by atoms with Crippen molar-refractivity contribution in [3.63, 3.8) is 0 Å². The second kappa shape index (κ2) is 10.1. The van der Waals surface area contributed by atoms with Crippen LogP contribution in [0.25, 0.3) is 6.08 Å². The molecule has 36 heavy (non-hydrogen) atoms. The smallest absolute Gasteiger partial charge is 0.265 e. The Morgan fingerprint density at radius 1 is 1.14 bits per heavy atom. The lowest BCUT2D eigenvalue weighted by Crippen LogP contribution is -2.32. The standard InChI is InChI=1S/C26H23Br2N5O3/c1-2-31-15-22(33(35)36)24(29-31)26(34)32-25(17-8-12-20(28)13-9-17)21-5-3-4-18(23(21)30-32)14-16-6-10-19(27)11-7-16/h6-15,21,25H,2-5H2,1H3/b18-14+/t21-,25+/m1/s1. The minimum Gasteiger partial charge on any atom is -0.265 e. The number of aryl methyl sites for hydroxylation is 1. The number of halogens is 2. The number of amides is 1. The van der Waals surface area contributed by atoms with Gasteiger partial charge in [0.05, 0.1) is 16.7 Å². The number of hydrogen-bond acceptors (Lipinski definition) is 5. The highest BCUT2D eigenvalue weighted by molar-refractivity contribution is 9.10. The number of fused-ring (bicyclic) bond motifs is 1. The maximum absolute atomic E-state index is 13.8. The topological polar surface area (TPSA) is 93.6 Å². The predicted molar refractivity (Wildman–Crippen MR) is 145 cm³/mol. The fourth-order valence-electron chi connectivity index (χ4n) is 4.89. The first-order valence-electron chi connectivity index (χ1n) is 11.7. The third-order valence-electron chi connectivity index (χ3n) is 6.60. The van der Waals surface area contributed by atoms with E-state index < -0.39 is 10.8 Å². The Hall–Kier alpha value is -3.11. The summed E-state index contributed by atoms with van der Waals surface area (Å²) in [6.45, 7) is 2.24. The van der Waals surface area contributed by atoms with Crippen LogP contribution in [0.4, 0.5) is 5.69 Å². The van der Waals surface area contributed by atoms with Crippen LogP contribution in [0.1, 0.15) is 53.8 Å². The quantitative estimate of drug-likeness (QED) is 0.235. The summed E-state index contributed by atoms with van der Waals surface area (Å²) in [5.74, 6) is -0.579. The van der Waals surface area contributed by atoms with Gasteiger partial charge in [0.25, 0.3) is 0 Å². The molecule has 0 spiro atoms. The molecule has 0 radical (unpaired) electrons. The molecule has 1 aromatic heterocycles. The summed E-state index contributed by atoms with van der Waals surface area (Å²) in [7, 11) is 0. The first-order chi connectivity index (χ1) is 17.4. The van der Waals surface area contributed by atoms with Crippen LogP contribution in [0, 0.1) is 16.0 Å². The Kier molecular flexibility index (Phi) is 6.90. The van der Waals surface area contributed by atoms with Crippen molar-refractivity contribution >= 4 is 55.2 Å². The summed E-state index contributed by atoms with van der Waals surface area (Å²) in [5.41, 5.74) is 3.43. The van der Waals surface area contributed by atoms with E-state index in [1.165, 1.54) is 15.9 Å². The molecule has 0 unspecified atom stereocenters. The van der Waals surface area contributed by atoms with E-state index in [2.05, 4.69) is 43.0 Å². The van der Waals surface area contributed by atoms with E-state index in [-0.39, 0.29) is 23.3 Å². The number of hydrogen-bond donors (Lipinski definition) is 0. The van der Waals surface area contributed by atoms with Crippen molar-refractivity contribution in [2.45, 2.75) is 38.8 Å². The van der Waals surface area contributed by atoms with Crippen LogP contribution >= 0.6 is 31.9 Å². The summed E-state index contributed by atoms with van der Waals surface area (Å²) in [5, 5.41) is 22.2. The van der Waals surface area contributed by atoms with Gasteiger partial charge in [-0.2, -0.15) is 10.2 Å². The first kappa shape index (κ1) is 24.6. The molecule has 0 bridgehead atoms. The van der Waals surface area contributed by atoms with E-state index in [1.54, 1.807) is 0 Å². The van der Waals surface area contributed by atoms with Crippen LogP contribution in [0.5, 0.6) is 0 Å². The molecule has 184 valence electrons. The molecule has 10 heteroatoms. The van der Waals surface area contributed by atoms with Gasteiger partial charge < -0.3 is 0 Å². The second-order valence-electron chi connectivity index (χ2n) is 8.83. The molecule has 2 aromatic carbocycles. The molecule has 1 amide bonds.